The van der Waals surface area contributed by atoms with Gasteiger partial charge in [-0.2, -0.15) is 0 Å². The summed E-state index contributed by atoms with van der Waals surface area (Å²) in [6.07, 6.45) is 3.59. The Balaban J connectivity index is 1.09. The lowest BCUT2D eigenvalue weighted by molar-refractivity contribution is 0.257. The van der Waals surface area contributed by atoms with Crippen LogP contribution in [0.5, 0.6) is 0 Å². The van der Waals surface area contributed by atoms with Crippen LogP contribution in [0.1, 0.15) is 48.4 Å². The highest BCUT2D eigenvalue weighted by Crippen LogP contribution is 2.31. The van der Waals surface area contributed by atoms with Gasteiger partial charge in [-0.25, -0.2) is 25.2 Å². The topological polar surface area (TPSA) is 154 Å². The van der Waals surface area contributed by atoms with Crippen LogP contribution in [0, 0.1) is 0 Å². The number of nitrogens with zero attached hydrogens (tertiary/aromatic N) is 11. The van der Waals surface area contributed by atoms with Crippen molar-refractivity contribution >= 4 is 61.5 Å². The molecule has 0 aliphatic rings. The van der Waals surface area contributed by atoms with Crippen LogP contribution in [0.25, 0.3) is 44.1 Å². The summed E-state index contributed by atoms with van der Waals surface area (Å²) in [5.74, 6) is 5.92. The molecular weight excluding hydrogens is 635 g/mol. The number of benzene rings is 2. The summed E-state index contributed by atoms with van der Waals surface area (Å²) >= 11 is 5.75. The second-order valence-corrected chi connectivity index (χ2v) is 12.3. The van der Waals surface area contributed by atoms with Gasteiger partial charge in [0.15, 0.2) is 16.4 Å². The van der Waals surface area contributed by atoms with Crippen LogP contribution in [0.4, 0.5) is 0 Å². The highest BCUT2D eigenvalue weighted by molar-refractivity contribution is 7.80. The van der Waals surface area contributed by atoms with Crippen molar-refractivity contribution in [1.29, 1.82) is 0 Å². The van der Waals surface area contributed by atoms with Crippen LogP contribution in [0.3, 0.4) is 0 Å². The first kappa shape index (κ1) is 30.4. The average molecular weight is 666 g/mol. The van der Waals surface area contributed by atoms with Crippen LogP contribution in [-0.4, -0.2) is 59.9 Å². The van der Waals surface area contributed by atoms with Crippen LogP contribution in [0.2, 0.25) is 0 Å². The summed E-state index contributed by atoms with van der Waals surface area (Å²) in [5.41, 5.74) is 11.0. The Kier molecular flexibility index (Phi) is 7.78. The van der Waals surface area contributed by atoms with Crippen molar-refractivity contribution in [2.45, 2.75) is 39.0 Å². The minimum Gasteiger partial charge on any atom is -0.332 e. The van der Waals surface area contributed by atoms with Gasteiger partial charge in [-0.15, -0.1) is 10.2 Å². The molecule has 0 amide bonds. The first-order valence-corrected chi connectivity index (χ1v) is 16.2. The van der Waals surface area contributed by atoms with E-state index < -0.39 is 0 Å². The molecule has 13 nitrogen and oxygen atoms in total. The maximum Gasteiger partial charge on any atom is 0.184 e. The molecule has 8 aromatic rings. The van der Waals surface area contributed by atoms with E-state index in [0.717, 1.165) is 44.3 Å². The third-order valence-electron chi connectivity index (χ3n) is 8.81. The van der Waals surface area contributed by atoms with E-state index in [2.05, 4.69) is 60.3 Å². The Morgan fingerprint density at radius 2 is 1.16 bits per heavy atom. The second-order valence-electron chi connectivity index (χ2n) is 11.9. The fourth-order valence-electron chi connectivity index (χ4n) is 6.25. The Hall–Kier alpha value is -5.99. The summed E-state index contributed by atoms with van der Waals surface area (Å²) in [6, 6.07) is 27.5. The summed E-state index contributed by atoms with van der Waals surface area (Å²) in [6.45, 7) is 5.10. The van der Waals surface area contributed by atoms with E-state index in [-0.39, 0.29) is 12.1 Å². The lowest BCUT2D eigenvalue weighted by atomic mass is 10.1. The van der Waals surface area contributed by atoms with Crippen LogP contribution >= 0.6 is 12.2 Å². The molecule has 14 heteroatoms. The number of thiocarbonyl (C=S) groups is 1. The zero-order valence-electron chi connectivity index (χ0n) is 26.7. The number of rotatable bonds is 8. The summed E-state index contributed by atoms with van der Waals surface area (Å²) in [5, 5.41) is 20.1. The Morgan fingerprint density at radius 1 is 0.694 bits per heavy atom. The molecule has 0 saturated heterocycles. The fraction of sp³-hybridized carbons (Fsp3) is 0.171. The molecule has 0 radical (unpaired) electrons. The molecule has 2 unspecified atom stereocenters. The number of pyridine rings is 4. The third-order valence-corrected chi connectivity index (χ3v) is 9.14. The van der Waals surface area contributed by atoms with Crippen molar-refractivity contribution in [1.82, 2.24) is 60.2 Å². The number of hydrogen-bond donors (Lipinski definition) is 2. The molecule has 0 spiro atoms. The molecule has 0 bridgehead atoms. The molecule has 3 N–H and O–H groups in total. The molecule has 0 aliphatic carbocycles. The number of hydrazine groups is 1. The van der Waals surface area contributed by atoms with Gasteiger partial charge in [-0.05, 0) is 97.9 Å². The molecule has 0 saturated carbocycles. The van der Waals surface area contributed by atoms with E-state index in [1.54, 1.807) is 12.4 Å². The number of nitrogens with one attached hydrogen (secondary N) is 1. The maximum atomic E-state index is 5.92. The van der Waals surface area contributed by atoms with Gasteiger partial charge in [0.05, 0.1) is 47.6 Å². The first-order chi connectivity index (χ1) is 23.9. The van der Waals surface area contributed by atoms with Crippen molar-refractivity contribution in [3.8, 4) is 0 Å². The molecule has 242 valence electrons. The molecule has 0 aliphatic heterocycles. The smallest absolute Gasteiger partial charge is 0.184 e. The van der Waals surface area contributed by atoms with Crippen LogP contribution in [0.15, 0.2) is 97.3 Å². The number of nitrogens with two attached hydrogens (primary N) is 1. The van der Waals surface area contributed by atoms with Gasteiger partial charge in [0.1, 0.15) is 11.0 Å². The zero-order chi connectivity index (χ0) is 33.5. The molecule has 8 rings (SSSR count). The highest BCUT2D eigenvalue weighted by atomic mass is 32.1. The third kappa shape index (κ3) is 5.76. The summed E-state index contributed by atoms with van der Waals surface area (Å²) in [4.78, 5) is 20.9. The standard InChI is InChI=1S/C35H31N13S/c1-21(27-11-13-31-33(39-27)46(44-42-31)19-23-7-9-29-25(17-23)5-3-15-37-29)48(35(49)41-36)22(2)28-12-14-32-34(40-28)47(45-43-32)20-24-8-10-30-26(18-24)6-4-16-38-30/h3-18,21-22H,19-20,36H2,1-2H3,(H,41,49). The molecule has 6 aromatic heterocycles. The minimum atomic E-state index is -0.287. The normalized spacial score (nSPS) is 12.9. The van der Waals surface area contributed by atoms with E-state index in [4.69, 9.17) is 28.0 Å². The maximum absolute atomic E-state index is 5.92. The van der Waals surface area contributed by atoms with E-state index >= 15 is 0 Å². The molecular formula is C35H31N13S. The zero-order valence-corrected chi connectivity index (χ0v) is 27.5. The van der Waals surface area contributed by atoms with Crippen molar-refractivity contribution in [2.75, 3.05) is 0 Å². The predicted octanol–water partition coefficient (Wildman–Crippen LogP) is 5.03. The SMILES string of the molecule is CC(c1ccc2nnn(Cc3ccc4ncccc4c3)c2n1)N(C(=S)NN)C(C)c1ccc2nnn(Cc3ccc4ncccc4c3)c2n1. The van der Waals surface area contributed by atoms with Crippen molar-refractivity contribution in [3.05, 3.63) is 120 Å². The number of hydrogen-bond acceptors (Lipinski definition) is 10. The van der Waals surface area contributed by atoms with Crippen LogP contribution in [-0.2, 0) is 13.1 Å². The number of fused-ring (bicyclic) bond motifs is 4. The van der Waals surface area contributed by atoms with Gasteiger partial charge >= 0.3 is 0 Å². The summed E-state index contributed by atoms with van der Waals surface area (Å²) < 4.78 is 3.62. The molecule has 2 aromatic carbocycles. The lowest BCUT2D eigenvalue weighted by Gasteiger charge is -2.35. The van der Waals surface area contributed by atoms with Crippen LogP contribution < -0.4 is 11.3 Å². The van der Waals surface area contributed by atoms with Gasteiger partial charge < -0.3 is 10.3 Å². The van der Waals surface area contributed by atoms with Crippen molar-refractivity contribution in [2.24, 2.45) is 5.84 Å². The molecule has 0 fully saturated rings. The quantitative estimate of drug-likeness (QED) is 0.127. The van der Waals surface area contributed by atoms with E-state index in [1.807, 2.05) is 88.8 Å². The minimum absolute atomic E-state index is 0.287. The van der Waals surface area contributed by atoms with Gasteiger partial charge in [0, 0.05) is 23.2 Å². The Morgan fingerprint density at radius 3 is 1.63 bits per heavy atom. The molecule has 6 heterocycles. The molecule has 49 heavy (non-hydrogen) atoms. The molecule has 2 atom stereocenters. The van der Waals surface area contributed by atoms with Gasteiger partial charge in [0.25, 0.3) is 0 Å². The monoisotopic (exact) mass is 665 g/mol. The fourth-order valence-corrected chi connectivity index (χ4v) is 6.57. The first-order valence-electron chi connectivity index (χ1n) is 15.8. The van der Waals surface area contributed by atoms with E-state index in [0.29, 0.717) is 40.5 Å². The predicted molar refractivity (Wildman–Crippen MR) is 191 cm³/mol. The summed E-state index contributed by atoms with van der Waals surface area (Å²) in [7, 11) is 0. The van der Waals surface area contributed by atoms with E-state index in [9.17, 15) is 0 Å². The van der Waals surface area contributed by atoms with Gasteiger partial charge in [0.2, 0.25) is 0 Å². The van der Waals surface area contributed by atoms with Gasteiger partial charge in [-0.3, -0.25) is 9.97 Å². The largest absolute Gasteiger partial charge is 0.332 e. The Labute approximate surface area is 285 Å². The van der Waals surface area contributed by atoms with Crippen molar-refractivity contribution in [3.63, 3.8) is 0 Å². The lowest BCUT2D eigenvalue weighted by Crippen LogP contribution is -2.45. The van der Waals surface area contributed by atoms with Gasteiger partial charge in [-0.1, -0.05) is 34.7 Å². The second kappa shape index (κ2) is 12.6. The average Bonchev–Trinajstić information content (AvgIpc) is 3.74. The highest BCUT2D eigenvalue weighted by Gasteiger charge is 2.28. The van der Waals surface area contributed by atoms with E-state index in [1.165, 1.54) is 0 Å². The van der Waals surface area contributed by atoms with Crippen molar-refractivity contribution < 1.29 is 0 Å². The Bertz CT molecular complexity index is 2320. The number of aromatic nitrogens is 10.